The lowest BCUT2D eigenvalue weighted by molar-refractivity contribution is 0.0502. The van der Waals surface area contributed by atoms with Crippen molar-refractivity contribution in [3.05, 3.63) is 47.8 Å². The molecule has 1 aromatic heterocycles. The summed E-state index contributed by atoms with van der Waals surface area (Å²) >= 11 is 0. The van der Waals surface area contributed by atoms with Gasteiger partial charge >= 0.3 is 0 Å². The number of aromatic amines is 1. The number of carbonyl (C=O) groups is 1. The molecule has 1 fully saturated rings. The average Bonchev–Trinajstić information content (AvgIpc) is 3.27. The number of benzene rings is 1. The summed E-state index contributed by atoms with van der Waals surface area (Å²) in [7, 11) is 1.64. The van der Waals surface area contributed by atoms with Gasteiger partial charge in [-0.15, -0.1) is 0 Å². The number of aromatic nitrogens is 2. The fraction of sp³-hybridized carbons (Fsp3) is 0.412. The first kappa shape index (κ1) is 15.6. The standard InChI is InChI=1S/C17H21N3O3/c1-22-14-5-2-4-13(10-14)11-20(12-15-6-3-9-23-15)17(21)16-7-8-18-19-16/h2,4-5,7-8,10,15H,3,6,9,11-12H2,1H3,(H,18,19). The lowest BCUT2D eigenvalue weighted by Gasteiger charge is -2.25. The molecule has 0 aliphatic carbocycles. The third-order valence-electron chi connectivity index (χ3n) is 3.97. The molecule has 0 saturated carbocycles. The molecule has 3 rings (SSSR count). The maximum absolute atomic E-state index is 12.7. The SMILES string of the molecule is COc1cccc(CN(CC2CCCO2)C(=O)c2ccn[nH]2)c1. The Morgan fingerprint density at radius 2 is 2.39 bits per heavy atom. The number of H-pyrrole nitrogens is 1. The number of hydrogen-bond donors (Lipinski definition) is 1. The van der Waals surface area contributed by atoms with Crippen molar-refractivity contribution in [2.75, 3.05) is 20.3 Å². The number of rotatable bonds is 6. The minimum Gasteiger partial charge on any atom is -0.497 e. The van der Waals surface area contributed by atoms with Crippen LogP contribution in [-0.2, 0) is 11.3 Å². The third-order valence-corrected chi connectivity index (χ3v) is 3.97. The number of nitrogens with zero attached hydrogens (tertiary/aromatic N) is 2. The molecule has 1 aliphatic rings. The Morgan fingerprint density at radius 1 is 1.48 bits per heavy atom. The first-order valence-corrected chi connectivity index (χ1v) is 7.79. The van der Waals surface area contributed by atoms with Crippen LogP contribution < -0.4 is 4.74 Å². The normalized spacial score (nSPS) is 17.2. The zero-order chi connectivity index (χ0) is 16.1. The van der Waals surface area contributed by atoms with Crippen molar-refractivity contribution in [2.24, 2.45) is 0 Å². The second kappa shape index (κ2) is 7.28. The van der Waals surface area contributed by atoms with Crippen LogP contribution in [0.1, 0.15) is 28.9 Å². The van der Waals surface area contributed by atoms with E-state index >= 15 is 0 Å². The molecule has 2 heterocycles. The molecule has 1 aromatic carbocycles. The highest BCUT2D eigenvalue weighted by Gasteiger charge is 2.24. The van der Waals surface area contributed by atoms with E-state index in [-0.39, 0.29) is 12.0 Å². The van der Waals surface area contributed by atoms with E-state index in [9.17, 15) is 4.79 Å². The van der Waals surface area contributed by atoms with Crippen LogP contribution in [0.4, 0.5) is 0 Å². The van der Waals surface area contributed by atoms with Crippen molar-refractivity contribution in [1.29, 1.82) is 0 Å². The van der Waals surface area contributed by atoms with Gasteiger partial charge in [-0.3, -0.25) is 9.89 Å². The largest absolute Gasteiger partial charge is 0.497 e. The molecule has 1 N–H and O–H groups in total. The number of hydrogen-bond acceptors (Lipinski definition) is 4. The monoisotopic (exact) mass is 315 g/mol. The summed E-state index contributed by atoms with van der Waals surface area (Å²) < 4.78 is 10.9. The van der Waals surface area contributed by atoms with Gasteiger partial charge in [-0.1, -0.05) is 12.1 Å². The summed E-state index contributed by atoms with van der Waals surface area (Å²) in [4.78, 5) is 14.5. The smallest absolute Gasteiger partial charge is 0.272 e. The zero-order valence-corrected chi connectivity index (χ0v) is 13.2. The van der Waals surface area contributed by atoms with Crippen molar-refractivity contribution in [2.45, 2.75) is 25.5 Å². The summed E-state index contributed by atoms with van der Waals surface area (Å²) in [6.45, 7) is 1.86. The van der Waals surface area contributed by atoms with Gasteiger partial charge in [-0.05, 0) is 36.6 Å². The Morgan fingerprint density at radius 3 is 3.09 bits per heavy atom. The molecule has 1 saturated heterocycles. The number of methoxy groups -OCH3 is 1. The summed E-state index contributed by atoms with van der Waals surface area (Å²) in [5.74, 6) is 0.717. The number of ether oxygens (including phenoxy) is 2. The molecule has 0 spiro atoms. The number of amides is 1. The highest BCUT2D eigenvalue weighted by molar-refractivity contribution is 5.92. The second-order valence-electron chi connectivity index (χ2n) is 5.64. The molecule has 6 heteroatoms. The van der Waals surface area contributed by atoms with Crippen molar-refractivity contribution >= 4 is 5.91 Å². The van der Waals surface area contributed by atoms with E-state index in [0.717, 1.165) is 30.8 Å². The van der Waals surface area contributed by atoms with Crippen LogP contribution in [0.2, 0.25) is 0 Å². The van der Waals surface area contributed by atoms with Crippen LogP contribution in [0.15, 0.2) is 36.5 Å². The minimum atomic E-state index is -0.0687. The summed E-state index contributed by atoms with van der Waals surface area (Å²) in [5, 5.41) is 6.61. The lowest BCUT2D eigenvalue weighted by atomic mass is 10.1. The Hall–Kier alpha value is -2.34. The van der Waals surface area contributed by atoms with Crippen LogP contribution in [0.3, 0.4) is 0 Å². The predicted octanol–water partition coefficient (Wildman–Crippen LogP) is 2.24. The molecule has 1 aliphatic heterocycles. The Bertz CT molecular complexity index is 636. The van der Waals surface area contributed by atoms with Crippen LogP contribution in [0, 0.1) is 0 Å². The van der Waals surface area contributed by atoms with Gasteiger partial charge in [-0.25, -0.2) is 0 Å². The second-order valence-corrected chi connectivity index (χ2v) is 5.64. The van der Waals surface area contributed by atoms with Gasteiger partial charge in [0, 0.05) is 25.9 Å². The summed E-state index contributed by atoms with van der Waals surface area (Å²) in [5.41, 5.74) is 1.51. The molecule has 2 aromatic rings. The van der Waals surface area contributed by atoms with Gasteiger partial charge in [0.05, 0.1) is 13.2 Å². The lowest BCUT2D eigenvalue weighted by Crippen LogP contribution is -2.37. The Labute approximate surface area is 135 Å². The molecule has 6 nitrogen and oxygen atoms in total. The average molecular weight is 315 g/mol. The van der Waals surface area contributed by atoms with Crippen LogP contribution in [0.5, 0.6) is 5.75 Å². The fourth-order valence-electron chi connectivity index (χ4n) is 2.79. The van der Waals surface area contributed by atoms with Gasteiger partial charge < -0.3 is 14.4 Å². The van der Waals surface area contributed by atoms with E-state index < -0.39 is 0 Å². The topological polar surface area (TPSA) is 67.5 Å². The highest BCUT2D eigenvalue weighted by atomic mass is 16.5. The maximum Gasteiger partial charge on any atom is 0.272 e. The first-order valence-electron chi connectivity index (χ1n) is 7.79. The molecule has 1 atom stereocenters. The minimum absolute atomic E-state index is 0.0687. The molecule has 1 unspecified atom stereocenters. The summed E-state index contributed by atoms with van der Waals surface area (Å²) in [6, 6.07) is 9.45. The van der Waals surface area contributed by atoms with Crippen LogP contribution in [-0.4, -0.2) is 47.4 Å². The van der Waals surface area contributed by atoms with E-state index in [1.165, 1.54) is 0 Å². The van der Waals surface area contributed by atoms with Crippen molar-refractivity contribution in [3.63, 3.8) is 0 Å². The first-order chi connectivity index (χ1) is 11.3. The predicted molar refractivity (Wildman–Crippen MR) is 85.3 cm³/mol. The third kappa shape index (κ3) is 3.90. The van der Waals surface area contributed by atoms with Crippen molar-refractivity contribution in [3.8, 4) is 5.75 Å². The quantitative estimate of drug-likeness (QED) is 0.888. The molecule has 122 valence electrons. The van der Waals surface area contributed by atoms with Crippen molar-refractivity contribution < 1.29 is 14.3 Å². The van der Waals surface area contributed by atoms with Crippen LogP contribution >= 0.6 is 0 Å². The van der Waals surface area contributed by atoms with Gasteiger partial charge in [0.15, 0.2) is 0 Å². The highest BCUT2D eigenvalue weighted by Crippen LogP contribution is 2.19. The zero-order valence-electron chi connectivity index (χ0n) is 13.2. The van der Waals surface area contributed by atoms with Gasteiger partial charge in [0.25, 0.3) is 5.91 Å². The Balaban J connectivity index is 1.77. The van der Waals surface area contributed by atoms with Gasteiger partial charge in [-0.2, -0.15) is 5.10 Å². The van der Waals surface area contributed by atoms with E-state index in [4.69, 9.17) is 9.47 Å². The molecule has 1 amide bonds. The summed E-state index contributed by atoms with van der Waals surface area (Å²) in [6.07, 6.45) is 3.73. The fourth-order valence-corrected chi connectivity index (χ4v) is 2.79. The van der Waals surface area contributed by atoms with E-state index in [1.807, 2.05) is 24.3 Å². The van der Waals surface area contributed by atoms with Gasteiger partial charge in [0.1, 0.15) is 11.4 Å². The maximum atomic E-state index is 12.7. The molecule has 0 bridgehead atoms. The molecular weight excluding hydrogens is 294 g/mol. The van der Waals surface area contributed by atoms with E-state index in [1.54, 1.807) is 24.3 Å². The van der Waals surface area contributed by atoms with E-state index in [0.29, 0.717) is 18.8 Å². The van der Waals surface area contributed by atoms with Crippen LogP contribution in [0.25, 0.3) is 0 Å². The van der Waals surface area contributed by atoms with Crippen molar-refractivity contribution in [1.82, 2.24) is 15.1 Å². The molecule has 23 heavy (non-hydrogen) atoms. The number of carbonyl (C=O) groups excluding carboxylic acids is 1. The molecule has 0 radical (unpaired) electrons. The van der Waals surface area contributed by atoms with Gasteiger partial charge in [0.2, 0.25) is 0 Å². The molecular formula is C17H21N3O3. The van der Waals surface area contributed by atoms with E-state index in [2.05, 4.69) is 10.2 Å². The Kier molecular flexibility index (Phi) is 4.92. The number of nitrogens with one attached hydrogen (secondary N) is 1.